The van der Waals surface area contributed by atoms with Crippen LogP contribution in [0.1, 0.15) is 18.4 Å². The molecule has 2 rings (SSSR count). The highest BCUT2D eigenvalue weighted by atomic mass is 16.5. The number of benzene rings is 1. The molecular formula is C13H15N3O. The zero-order chi connectivity index (χ0) is 12.4. The molecule has 88 valence electrons. The average molecular weight is 229 g/mol. The zero-order valence-corrected chi connectivity index (χ0v) is 9.90. The van der Waals surface area contributed by atoms with E-state index in [9.17, 15) is 5.26 Å². The highest BCUT2D eigenvalue weighted by molar-refractivity contribution is 5.85. The fourth-order valence-electron chi connectivity index (χ4n) is 1.98. The van der Waals surface area contributed by atoms with Crippen LogP contribution in [0.4, 0.5) is 0 Å². The van der Waals surface area contributed by atoms with Crippen molar-refractivity contribution in [3.63, 3.8) is 0 Å². The van der Waals surface area contributed by atoms with E-state index in [2.05, 4.69) is 11.1 Å². The van der Waals surface area contributed by atoms with Crippen molar-refractivity contribution in [1.29, 1.82) is 5.26 Å². The van der Waals surface area contributed by atoms with Gasteiger partial charge in [-0.1, -0.05) is 0 Å². The molecule has 0 saturated carbocycles. The molecule has 17 heavy (non-hydrogen) atoms. The number of hydrogen-bond acceptors (Lipinski definition) is 3. The van der Waals surface area contributed by atoms with Gasteiger partial charge in [0.05, 0.1) is 19.1 Å². The third-order valence-electron chi connectivity index (χ3n) is 2.92. The van der Waals surface area contributed by atoms with E-state index in [4.69, 9.17) is 10.5 Å². The van der Waals surface area contributed by atoms with Gasteiger partial charge in [0.15, 0.2) is 0 Å². The minimum atomic E-state index is -0.309. The highest BCUT2D eigenvalue weighted by Crippen LogP contribution is 2.29. The molecule has 4 nitrogen and oxygen atoms in total. The maximum absolute atomic E-state index is 9.18. The third-order valence-corrected chi connectivity index (χ3v) is 2.92. The number of aromatic amines is 1. The van der Waals surface area contributed by atoms with Crippen molar-refractivity contribution in [2.75, 3.05) is 7.11 Å². The molecule has 3 N–H and O–H groups in total. The van der Waals surface area contributed by atoms with Crippen LogP contribution in [0, 0.1) is 11.3 Å². The van der Waals surface area contributed by atoms with Gasteiger partial charge in [-0.3, -0.25) is 0 Å². The number of nitrogens with two attached hydrogens (primary N) is 1. The molecule has 0 radical (unpaired) electrons. The molecule has 0 unspecified atom stereocenters. The van der Waals surface area contributed by atoms with Gasteiger partial charge < -0.3 is 15.5 Å². The van der Waals surface area contributed by atoms with Crippen molar-refractivity contribution in [3.05, 3.63) is 30.0 Å². The molecular weight excluding hydrogens is 214 g/mol. The van der Waals surface area contributed by atoms with Crippen LogP contribution < -0.4 is 10.5 Å². The lowest BCUT2D eigenvalue weighted by Crippen LogP contribution is -2.23. The average Bonchev–Trinajstić information content (AvgIpc) is 2.73. The smallest absolute Gasteiger partial charge is 0.119 e. The lowest BCUT2D eigenvalue weighted by molar-refractivity contribution is 0.415. The van der Waals surface area contributed by atoms with E-state index < -0.39 is 0 Å². The largest absolute Gasteiger partial charge is 0.497 e. The molecule has 0 amide bonds. The number of nitrogens with zero attached hydrogens (tertiary/aromatic N) is 1. The predicted octanol–water partition coefficient (Wildman–Crippen LogP) is 2.13. The van der Waals surface area contributed by atoms with Crippen LogP contribution in [-0.4, -0.2) is 18.1 Å². The number of nitriles is 1. The number of H-pyrrole nitrogens is 1. The van der Waals surface area contributed by atoms with Crippen LogP contribution in [0.25, 0.3) is 10.9 Å². The van der Waals surface area contributed by atoms with E-state index in [1.807, 2.05) is 31.3 Å². The summed E-state index contributed by atoms with van der Waals surface area (Å²) >= 11 is 0. The van der Waals surface area contributed by atoms with Crippen LogP contribution in [-0.2, 0) is 0 Å². The van der Waals surface area contributed by atoms with Gasteiger partial charge >= 0.3 is 0 Å². The molecule has 1 aromatic carbocycles. The van der Waals surface area contributed by atoms with E-state index in [1.165, 1.54) is 0 Å². The monoisotopic (exact) mass is 229 g/mol. The first-order valence-corrected chi connectivity index (χ1v) is 5.47. The standard InChI is InChI=1S/C13H15N3O/c1-8(15)11(6-14)12-7-16-13-4-3-9(17-2)5-10(12)13/h3-5,7-8,11,16H,15H2,1-2H3/t8-,11+/m0/s1. The van der Waals surface area contributed by atoms with Gasteiger partial charge in [-0.25, -0.2) is 0 Å². The molecule has 2 aromatic rings. The minimum absolute atomic E-state index is 0.204. The van der Waals surface area contributed by atoms with Gasteiger partial charge in [-0.05, 0) is 30.7 Å². The van der Waals surface area contributed by atoms with Crippen molar-refractivity contribution >= 4 is 10.9 Å². The molecule has 4 heteroatoms. The topological polar surface area (TPSA) is 74.8 Å². The predicted molar refractivity (Wildman–Crippen MR) is 66.9 cm³/mol. The Bertz CT molecular complexity index is 566. The van der Waals surface area contributed by atoms with Gasteiger partial charge in [-0.2, -0.15) is 5.26 Å². The number of methoxy groups -OCH3 is 1. The summed E-state index contributed by atoms with van der Waals surface area (Å²) in [5, 5.41) is 10.2. The minimum Gasteiger partial charge on any atom is -0.497 e. The maximum atomic E-state index is 9.18. The van der Waals surface area contributed by atoms with Crippen LogP contribution in [0.15, 0.2) is 24.4 Å². The summed E-state index contributed by atoms with van der Waals surface area (Å²) in [5.74, 6) is 0.468. The summed E-state index contributed by atoms with van der Waals surface area (Å²) in [7, 11) is 1.63. The molecule has 1 heterocycles. The molecule has 0 aliphatic rings. The highest BCUT2D eigenvalue weighted by Gasteiger charge is 2.19. The van der Waals surface area contributed by atoms with Crippen molar-refractivity contribution in [3.8, 4) is 11.8 Å². The second-order valence-corrected chi connectivity index (χ2v) is 4.12. The molecule has 0 saturated heterocycles. The normalized spacial score (nSPS) is 14.2. The fourth-order valence-corrected chi connectivity index (χ4v) is 1.98. The first-order chi connectivity index (χ1) is 8.17. The summed E-state index contributed by atoms with van der Waals surface area (Å²) in [6.45, 7) is 1.84. The Morgan fingerprint density at radius 2 is 2.24 bits per heavy atom. The quantitative estimate of drug-likeness (QED) is 0.846. The lowest BCUT2D eigenvalue weighted by Gasteiger charge is -2.12. The van der Waals surface area contributed by atoms with E-state index >= 15 is 0 Å². The van der Waals surface area contributed by atoms with Crippen LogP contribution >= 0.6 is 0 Å². The molecule has 0 fully saturated rings. The van der Waals surface area contributed by atoms with Crippen molar-refractivity contribution in [1.82, 2.24) is 4.98 Å². The number of nitrogens with one attached hydrogen (secondary N) is 1. The van der Waals surface area contributed by atoms with Gasteiger partial charge in [0.25, 0.3) is 0 Å². The fraction of sp³-hybridized carbons (Fsp3) is 0.308. The Kier molecular flexibility index (Phi) is 3.03. The second kappa shape index (κ2) is 4.48. The summed E-state index contributed by atoms with van der Waals surface area (Å²) in [5.41, 5.74) is 7.75. The lowest BCUT2D eigenvalue weighted by atomic mass is 9.94. The van der Waals surface area contributed by atoms with Gasteiger partial charge in [0.2, 0.25) is 0 Å². The molecule has 1 aromatic heterocycles. The summed E-state index contributed by atoms with van der Waals surface area (Å²) < 4.78 is 5.19. The zero-order valence-electron chi connectivity index (χ0n) is 9.90. The molecule has 0 spiro atoms. The van der Waals surface area contributed by atoms with E-state index in [-0.39, 0.29) is 12.0 Å². The van der Waals surface area contributed by atoms with Gasteiger partial charge in [0.1, 0.15) is 5.75 Å². The van der Waals surface area contributed by atoms with Crippen molar-refractivity contribution in [2.24, 2.45) is 5.73 Å². The van der Waals surface area contributed by atoms with E-state index in [1.54, 1.807) is 7.11 Å². The van der Waals surface area contributed by atoms with Gasteiger partial charge in [-0.15, -0.1) is 0 Å². The van der Waals surface area contributed by atoms with E-state index in [0.717, 1.165) is 22.2 Å². The number of ether oxygens (including phenoxy) is 1. The second-order valence-electron chi connectivity index (χ2n) is 4.12. The number of fused-ring (bicyclic) bond motifs is 1. The first-order valence-electron chi connectivity index (χ1n) is 5.47. The molecule has 2 atom stereocenters. The summed E-state index contributed by atoms with van der Waals surface area (Å²) in [4.78, 5) is 3.15. The van der Waals surface area contributed by atoms with Crippen LogP contribution in [0.2, 0.25) is 0 Å². The summed E-state index contributed by atoms with van der Waals surface area (Å²) in [6, 6.07) is 7.79. The third kappa shape index (κ3) is 1.97. The Morgan fingerprint density at radius 3 is 2.82 bits per heavy atom. The van der Waals surface area contributed by atoms with Crippen molar-refractivity contribution in [2.45, 2.75) is 18.9 Å². The number of rotatable bonds is 3. The number of aromatic nitrogens is 1. The van der Waals surface area contributed by atoms with Crippen LogP contribution in [0.3, 0.4) is 0 Å². The first kappa shape index (κ1) is 11.5. The molecule has 0 aliphatic heterocycles. The summed E-state index contributed by atoms with van der Waals surface area (Å²) in [6.07, 6.45) is 1.85. The Hall–Kier alpha value is -1.99. The Morgan fingerprint density at radius 1 is 1.47 bits per heavy atom. The Balaban J connectivity index is 2.58. The van der Waals surface area contributed by atoms with Crippen LogP contribution in [0.5, 0.6) is 5.75 Å². The SMILES string of the molecule is COc1ccc2[nH]cc([C@H](C#N)[C@H](C)N)c2c1. The van der Waals surface area contributed by atoms with E-state index in [0.29, 0.717) is 0 Å². The van der Waals surface area contributed by atoms with Crippen molar-refractivity contribution < 1.29 is 4.74 Å². The Labute approximate surface area is 100.0 Å². The molecule has 0 aliphatic carbocycles. The van der Waals surface area contributed by atoms with Gasteiger partial charge in [0, 0.05) is 23.1 Å². The molecule has 0 bridgehead atoms. The maximum Gasteiger partial charge on any atom is 0.119 e. The number of hydrogen-bond donors (Lipinski definition) is 2.